The van der Waals surface area contributed by atoms with Gasteiger partial charge in [0.1, 0.15) is 5.69 Å². The van der Waals surface area contributed by atoms with Crippen LogP contribution in [-0.2, 0) is 4.79 Å². The molecule has 1 amide bonds. The van der Waals surface area contributed by atoms with E-state index in [1.807, 2.05) is 6.07 Å². The van der Waals surface area contributed by atoms with Gasteiger partial charge in [-0.2, -0.15) is 9.61 Å². The summed E-state index contributed by atoms with van der Waals surface area (Å²) in [6, 6.07) is 12.2. The third-order valence-electron chi connectivity index (χ3n) is 3.57. The van der Waals surface area contributed by atoms with Crippen LogP contribution in [0.25, 0.3) is 17.1 Å². The lowest BCUT2D eigenvalue weighted by Gasteiger charge is -2.07. The lowest BCUT2D eigenvalue weighted by molar-refractivity contribution is -0.113. The van der Waals surface area contributed by atoms with Gasteiger partial charge in [0, 0.05) is 0 Å². The zero-order valence-corrected chi connectivity index (χ0v) is 15.9. The molecule has 3 aromatic heterocycles. The Kier molecular flexibility index (Phi) is 5.02. The van der Waals surface area contributed by atoms with Crippen LogP contribution in [0.5, 0.6) is 0 Å². The minimum atomic E-state index is -0.247. The second-order valence-corrected chi connectivity index (χ2v) is 7.11. The molecule has 0 aliphatic heterocycles. The van der Waals surface area contributed by atoms with Crippen molar-refractivity contribution in [1.82, 2.24) is 19.8 Å². The summed E-state index contributed by atoms with van der Waals surface area (Å²) in [5, 5.41) is 16.5. The smallest absolute Gasteiger partial charge is 0.234 e. The van der Waals surface area contributed by atoms with E-state index in [1.165, 1.54) is 11.8 Å². The number of furan rings is 1. The molecule has 1 aromatic carbocycles. The molecule has 0 aliphatic carbocycles. The molecule has 7 nitrogen and oxygen atoms in total. The number of rotatable bonds is 5. The fourth-order valence-corrected chi connectivity index (χ4v) is 3.37. The molecule has 4 rings (SSSR count). The van der Waals surface area contributed by atoms with Crippen molar-refractivity contribution in [3.63, 3.8) is 0 Å². The molecular formula is C17H11Cl2N5O2S. The summed E-state index contributed by atoms with van der Waals surface area (Å²) in [5.74, 6) is 0.494. The largest absolute Gasteiger partial charge is 0.463 e. The van der Waals surface area contributed by atoms with Gasteiger partial charge in [-0.1, -0.05) is 41.0 Å². The maximum Gasteiger partial charge on any atom is 0.234 e. The molecule has 0 atom stereocenters. The van der Waals surface area contributed by atoms with Gasteiger partial charge >= 0.3 is 0 Å². The summed E-state index contributed by atoms with van der Waals surface area (Å²) in [7, 11) is 0. The van der Waals surface area contributed by atoms with Crippen molar-refractivity contribution in [1.29, 1.82) is 0 Å². The van der Waals surface area contributed by atoms with Gasteiger partial charge in [-0.25, -0.2) is 0 Å². The number of amides is 1. The van der Waals surface area contributed by atoms with Gasteiger partial charge < -0.3 is 9.73 Å². The molecule has 0 aliphatic rings. The van der Waals surface area contributed by atoms with Crippen molar-refractivity contribution in [2.75, 3.05) is 11.1 Å². The van der Waals surface area contributed by atoms with Crippen LogP contribution in [0.2, 0.25) is 10.0 Å². The summed E-state index contributed by atoms with van der Waals surface area (Å²) in [6.45, 7) is 0. The van der Waals surface area contributed by atoms with Crippen molar-refractivity contribution in [3.05, 3.63) is 58.8 Å². The molecule has 4 aromatic rings. The molecular weight excluding hydrogens is 409 g/mol. The minimum absolute atomic E-state index is 0.107. The number of anilines is 1. The Morgan fingerprint density at radius 2 is 2.04 bits per heavy atom. The molecule has 0 radical (unpaired) electrons. The second-order valence-electron chi connectivity index (χ2n) is 5.39. The molecule has 0 saturated heterocycles. The highest BCUT2D eigenvalue weighted by Crippen LogP contribution is 2.29. The number of benzene rings is 1. The quantitative estimate of drug-likeness (QED) is 0.481. The van der Waals surface area contributed by atoms with E-state index in [2.05, 4.69) is 20.6 Å². The van der Waals surface area contributed by atoms with Crippen LogP contribution >= 0.6 is 35.0 Å². The van der Waals surface area contributed by atoms with E-state index < -0.39 is 0 Å². The Labute approximate surface area is 167 Å². The summed E-state index contributed by atoms with van der Waals surface area (Å²) < 4.78 is 6.93. The average Bonchev–Trinajstić information content (AvgIpc) is 3.33. The normalized spacial score (nSPS) is 11.0. The van der Waals surface area contributed by atoms with E-state index in [0.29, 0.717) is 38.0 Å². The van der Waals surface area contributed by atoms with Crippen molar-refractivity contribution in [3.8, 4) is 11.5 Å². The number of nitrogens with one attached hydrogen (secondary N) is 1. The van der Waals surface area contributed by atoms with Gasteiger partial charge in [0.25, 0.3) is 0 Å². The zero-order chi connectivity index (χ0) is 18.8. The molecule has 1 N–H and O–H groups in total. The van der Waals surface area contributed by atoms with Gasteiger partial charge in [0.05, 0.1) is 27.7 Å². The summed E-state index contributed by atoms with van der Waals surface area (Å²) in [6.07, 6.45) is 1.58. The number of fused-ring (bicyclic) bond motifs is 1. The average molecular weight is 420 g/mol. The van der Waals surface area contributed by atoms with Crippen molar-refractivity contribution in [2.45, 2.75) is 5.16 Å². The van der Waals surface area contributed by atoms with E-state index >= 15 is 0 Å². The Morgan fingerprint density at radius 3 is 2.85 bits per heavy atom. The number of carbonyl (C=O) groups is 1. The van der Waals surface area contributed by atoms with Crippen molar-refractivity contribution >= 4 is 52.2 Å². The lowest BCUT2D eigenvalue weighted by atomic mass is 10.3. The third-order valence-corrected chi connectivity index (χ3v) is 5.30. The van der Waals surface area contributed by atoms with Gasteiger partial charge in [-0.3, -0.25) is 4.79 Å². The number of hydrogen-bond donors (Lipinski definition) is 1. The van der Waals surface area contributed by atoms with E-state index in [-0.39, 0.29) is 11.7 Å². The van der Waals surface area contributed by atoms with Gasteiger partial charge in [0.2, 0.25) is 11.1 Å². The fraction of sp³-hybridized carbons (Fsp3) is 0.0588. The maximum atomic E-state index is 12.2. The topological polar surface area (TPSA) is 85.3 Å². The first-order valence-corrected chi connectivity index (χ1v) is 9.49. The monoisotopic (exact) mass is 419 g/mol. The second kappa shape index (κ2) is 7.59. The summed E-state index contributed by atoms with van der Waals surface area (Å²) >= 11 is 13.2. The third kappa shape index (κ3) is 3.78. The molecule has 136 valence electrons. The number of thioether (sulfide) groups is 1. The van der Waals surface area contributed by atoms with Crippen LogP contribution in [0, 0.1) is 0 Å². The summed E-state index contributed by atoms with van der Waals surface area (Å²) in [4.78, 5) is 12.2. The number of hydrogen-bond acceptors (Lipinski definition) is 6. The minimum Gasteiger partial charge on any atom is -0.463 e. The van der Waals surface area contributed by atoms with Gasteiger partial charge in [-0.15, -0.1) is 10.2 Å². The predicted octanol–water partition coefficient (Wildman–Crippen LogP) is 4.42. The summed E-state index contributed by atoms with van der Waals surface area (Å²) in [5.41, 5.74) is 1.68. The van der Waals surface area contributed by atoms with Crippen LogP contribution in [0.4, 0.5) is 5.69 Å². The number of nitrogens with zero attached hydrogens (tertiary/aromatic N) is 4. The lowest BCUT2D eigenvalue weighted by Crippen LogP contribution is -2.14. The molecule has 10 heteroatoms. The van der Waals surface area contributed by atoms with Crippen molar-refractivity contribution < 1.29 is 9.21 Å². The van der Waals surface area contributed by atoms with Crippen LogP contribution < -0.4 is 5.32 Å². The molecule has 0 fully saturated rings. The van der Waals surface area contributed by atoms with E-state index in [0.717, 1.165) is 0 Å². The van der Waals surface area contributed by atoms with Gasteiger partial charge in [-0.05, 0) is 36.4 Å². The van der Waals surface area contributed by atoms with Crippen LogP contribution in [0.15, 0.2) is 58.3 Å². The number of aromatic nitrogens is 4. The van der Waals surface area contributed by atoms with Crippen LogP contribution in [0.1, 0.15) is 0 Å². The van der Waals surface area contributed by atoms with Gasteiger partial charge in [0.15, 0.2) is 11.4 Å². The predicted molar refractivity (Wildman–Crippen MR) is 104 cm³/mol. The van der Waals surface area contributed by atoms with E-state index in [9.17, 15) is 4.79 Å². The standard InChI is InChI=1S/C17H11Cl2N5O2S/c18-10-3-1-4-12(16(10)19)20-15(25)9-27-17-22-21-14-7-6-11(23-24(14)17)13-5-2-8-26-13/h1-8H,9H2,(H,20,25). The first kappa shape index (κ1) is 17.8. The van der Waals surface area contributed by atoms with Crippen molar-refractivity contribution in [2.24, 2.45) is 0 Å². The Balaban J connectivity index is 1.49. The molecule has 0 spiro atoms. The molecule has 27 heavy (non-hydrogen) atoms. The Morgan fingerprint density at radius 1 is 1.15 bits per heavy atom. The highest BCUT2D eigenvalue weighted by molar-refractivity contribution is 7.99. The first-order chi connectivity index (χ1) is 13.1. The van der Waals surface area contributed by atoms with Crippen LogP contribution in [-0.4, -0.2) is 31.5 Å². The SMILES string of the molecule is O=C(CSc1nnc2ccc(-c3ccco3)nn12)Nc1cccc(Cl)c1Cl. The fourth-order valence-electron chi connectivity index (χ4n) is 2.33. The maximum absolute atomic E-state index is 12.2. The number of halogens is 2. The molecule has 0 saturated carbocycles. The highest BCUT2D eigenvalue weighted by Gasteiger charge is 2.13. The zero-order valence-electron chi connectivity index (χ0n) is 13.6. The van der Waals surface area contributed by atoms with Crippen LogP contribution in [0.3, 0.4) is 0 Å². The highest BCUT2D eigenvalue weighted by atomic mass is 35.5. The molecule has 0 unspecified atom stereocenters. The number of carbonyl (C=O) groups excluding carboxylic acids is 1. The Bertz CT molecular complexity index is 1110. The molecule has 3 heterocycles. The molecule has 0 bridgehead atoms. The van der Waals surface area contributed by atoms with E-state index in [1.54, 1.807) is 47.2 Å². The van der Waals surface area contributed by atoms with E-state index in [4.69, 9.17) is 27.6 Å². The first-order valence-electron chi connectivity index (χ1n) is 7.75. The Hall–Kier alpha value is -2.55.